The minimum atomic E-state index is -1.33. The van der Waals surface area contributed by atoms with Crippen LogP contribution in [0.1, 0.15) is 67.4 Å². The van der Waals surface area contributed by atoms with E-state index < -0.39 is 28.2 Å². The van der Waals surface area contributed by atoms with Crippen LogP contribution < -0.4 is 5.32 Å². The Kier molecular flexibility index (Phi) is 7.70. The number of nitrogens with zero attached hydrogens (tertiary/aromatic N) is 2. The zero-order valence-electron chi connectivity index (χ0n) is 29.1. The number of aliphatic hydroxyl groups is 2. The number of hydrogen-bond donors (Lipinski definition) is 3. The van der Waals surface area contributed by atoms with Crippen molar-refractivity contribution in [2.45, 2.75) is 87.9 Å². The number of rotatable bonds is 8. The predicted octanol–water partition coefficient (Wildman–Crippen LogP) is 4.24. The molecule has 0 radical (unpaired) electrons. The molecule has 1 spiro atoms. The fourth-order valence-corrected chi connectivity index (χ4v) is 12.5. The first-order chi connectivity index (χ1) is 23.5. The molecule has 2 unspecified atom stereocenters. The fourth-order valence-electron chi connectivity index (χ4n) is 12.5. The second-order valence-corrected chi connectivity index (χ2v) is 15.7. The average Bonchev–Trinajstić information content (AvgIpc) is 3.49. The second kappa shape index (κ2) is 11.4. The number of hydrogen-bond acceptors (Lipinski definition) is 9. The normalized spacial score (nSPS) is 43.1. The quantitative estimate of drug-likeness (QED) is 0.279. The van der Waals surface area contributed by atoms with Crippen molar-refractivity contribution in [1.29, 1.82) is 0 Å². The first-order valence-corrected chi connectivity index (χ1v) is 18.0. The standard InChI is InChI=1S/C39H49N3O7/c1-6-42-21-36(49-35(44)25-9-7-8-10-28(25)41-33(43)12-11-24-20-40-16-14-22(24)2)15-13-32(48-5)38-30(36)18-27(34(38)42)37(45)19-29(47-4)26-17-31(38)39(37,46)23(26)3/h7-12,14,16,20,23,26-27,29-32,34,45-46H,6,13,15,17-19,21H2,1-5H3,(H,41,43)/b12-11+/t23?,26-,27+,29-,30+,31-,32-,34?,36+,37-,38-,39+/m0/s1. The third kappa shape index (κ3) is 4.21. The first kappa shape index (κ1) is 33.0. The number of ether oxygens (including phenoxy) is 3. The predicted molar refractivity (Wildman–Crippen MR) is 182 cm³/mol. The third-order valence-electron chi connectivity index (χ3n) is 14.3. The summed E-state index contributed by atoms with van der Waals surface area (Å²) in [5.74, 6) is -1.45. The van der Waals surface area contributed by atoms with E-state index in [-0.39, 0.29) is 59.3 Å². The summed E-state index contributed by atoms with van der Waals surface area (Å²) in [4.78, 5) is 34.0. The highest BCUT2D eigenvalue weighted by molar-refractivity contribution is 6.06. The maximum absolute atomic E-state index is 14.4. The Labute approximate surface area is 288 Å². The van der Waals surface area contributed by atoms with Crippen molar-refractivity contribution in [2.24, 2.45) is 35.0 Å². The molecular weight excluding hydrogens is 622 g/mol. The number of likely N-dealkylation sites (N-methyl/N-ethyl adjacent to an activating group) is 1. The molecule has 2 heterocycles. The number of carbonyl (C=O) groups is 2. The minimum absolute atomic E-state index is 0.0155. The lowest BCUT2D eigenvalue weighted by molar-refractivity contribution is -0.328. The maximum Gasteiger partial charge on any atom is 0.340 e. The number of carbonyl (C=O) groups excluding carboxylic acids is 2. The van der Waals surface area contributed by atoms with Crippen molar-refractivity contribution in [3.8, 4) is 0 Å². The van der Waals surface area contributed by atoms with Gasteiger partial charge in [-0.1, -0.05) is 26.0 Å². The van der Waals surface area contributed by atoms with Crippen LogP contribution in [0.15, 0.2) is 48.8 Å². The highest BCUT2D eigenvalue weighted by Gasteiger charge is 2.88. The van der Waals surface area contributed by atoms with Gasteiger partial charge in [-0.2, -0.15) is 0 Å². The van der Waals surface area contributed by atoms with Gasteiger partial charge < -0.3 is 29.7 Å². The lowest BCUT2D eigenvalue weighted by Crippen LogP contribution is -2.82. The molecule has 1 aliphatic heterocycles. The number of likely N-dealkylation sites (tertiary alicyclic amines) is 1. The molecule has 5 saturated carbocycles. The molecule has 1 amide bonds. The highest BCUT2D eigenvalue weighted by Crippen LogP contribution is 2.80. The van der Waals surface area contributed by atoms with E-state index in [1.165, 1.54) is 6.08 Å². The lowest BCUT2D eigenvalue weighted by Gasteiger charge is -2.70. The molecule has 5 aliphatic carbocycles. The summed E-state index contributed by atoms with van der Waals surface area (Å²) in [6.07, 6.45) is 9.36. The number of pyridine rings is 1. The van der Waals surface area contributed by atoms with Crippen LogP contribution in [0.25, 0.3) is 6.08 Å². The number of para-hydroxylation sites is 1. The van der Waals surface area contributed by atoms with Gasteiger partial charge in [0.1, 0.15) is 16.8 Å². The molecule has 1 aromatic carbocycles. The van der Waals surface area contributed by atoms with E-state index >= 15 is 0 Å². The summed E-state index contributed by atoms with van der Waals surface area (Å²) in [7, 11) is 3.50. The second-order valence-electron chi connectivity index (χ2n) is 15.7. The fraction of sp³-hybridized carbons (Fsp3) is 0.615. The van der Waals surface area contributed by atoms with Crippen LogP contribution in [0.2, 0.25) is 0 Å². The van der Waals surface area contributed by atoms with E-state index in [1.807, 2.05) is 13.0 Å². The van der Waals surface area contributed by atoms with Gasteiger partial charge in [0, 0.05) is 74.9 Å². The van der Waals surface area contributed by atoms with Gasteiger partial charge in [0.15, 0.2) is 0 Å². The van der Waals surface area contributed by atoms with Gasteiger partial charge in [-0.25, -0.2) is 4.79 Å². The number of aromatic nitrogens is 1. The van der Waals surface area contributed by atoms with Crippen molar-refractivity contribution in [1.82, 2.24) is 9.88 Å². The van der Waals surface area contributed by atoms with Crippen LogP contribution in [0.3, 0.4) is 0 Å². The molecular formula is C39H49N3O7. The van der Waals surface area contributed by atoms with Crippen molar-refractivity contribution >= 4 is 23.6 Å². The summed E-state index contributed by atoms with van der Waals surface area (Å²) < 4.78 is 19.2. The Hall–Kier alpha value is -3.15. The Morgan fingerprint density at radius 1 is 1.12 bits per heavy atom. The smallest absolute Gasteiger partial charge is 0.340 e. The summed E-state index contributed by atoms with van der Waals surface area (Å²) in [6, 6.07) is 8.84. The molecule has 3 N–H and O–H groups in total. The van der Waals surface area contributed by atoms with E-state index in [0.717, 1.165) is 17.5 Å². The van der Waals surface area contributed by atoms with E-state index in [4.69, 9.17) is 14.2 Å². The number of amides is 1. The van der Waals surface area contributed by atoms with Gasteiger partial charge >= 0.3 is 5.97 Å². The topological polar surface area (TPSA) is 130 Å². The number of benzene rings is 1. The van der Waals surface area contributed by atoms with Crippen LogP contribution in [-0.2, 0) is 19.0 Å². The molecule has 6 aliphatic rings. The molecule has 10 heteroatoms. The summed E-state index contributed by atoms with van der Waals surface area (Å²) in [5.41, 5.74) is -1.48. The van der Waals surface area contributed by atoms with Gasteiger partial charge in [-0.15, -0.1) is 0 Å². The molecule has 8 rings (SSSR count). The monoisotopic (exact) mass is 671 g/mol. The molecule has 2 aromatic rings. The average molecular weight is 672 g/mol. The number of esters is 1. The SMILES string of the molecule is CCN1C[C@]2(OC(=O)c3ccccc3NC(=O)/C=C/c3cnccc3C)CC[C@H](OC)[C@]34C1[C@@H](C[C@H]23)[C@@]1(O)C[C@H](OC)[C@H]2C[C@@H]4[C@]1(O)C2C. The zero-order chi connectivity index (χ0) is 34.5. The van der Waals surface area contributed by atoms with Crippen molar-refractivity contribution < 1.29 is 34.0 Å². The Balaban J connectivity index is 1.15. The van der Waals surface area contributed by atoms with Crippen LogP contribution >= 0.6 is 0 Å². The molecule has 262 valence electrons. The largest absolute Gasteiger partial charge is 0.454 e. The van der Waals surface area contributed by atoms with Gasteiger partial charge in [0.2, 0.25) is 5.91 Å². The van der Waals surface area contributed by atoms with Crippen molar-refractivity contribution in [2.75, 3.05) is 32.6 Å². The zero-order valence-corrected chi connectivity index (χ0v) is 29.1. The molecule has 49 heavy (non-hydrogen) atoms. The number of piperidine rings is 1. The van der Waals surface area contributed by atoms with Gasteiger partial charge in [0.25, 0.3) is 0 Å². The number of anilines is 1. The van der Waals surface area contributed by atoms with E-state index in [2.05, 4.69) is 29.0 Å². The van der Waals surface area contributed by atoms with Crippen molar-refractivity contribution in [3.05, 3.63) is 65.5 Å². The molecule has 12 atom stereocenters. The number of fused-ring (bicyclic) bond motifs is 2. The van der Waals surface area contributed by atoms with Crippen molar-refractivity contribution in [3.63, 3.8) is 0 Å². The Bertz CT molecular complexity index is 1700. The van der Waals surface area contributed by atoms with Crippen LogP contribution in [0, 0.1) is 41.9 Å². The maximum atomic E-state index is 14.4. The molecule has 1 saturated heterocycles. The van der Waals surface area contributed by atoms with Gasteiger partial charge in [-0.05, 0) is 86.4 Å². The Morgan fingerprint density at radius 2 is 1.92 bits per heavy atom. The van der Waals surface area contributed by atoms with Crippen LogP contribution in [0.4, 0.5) is 5.69 Å². The highest BCUT2D eigenvalue weighted by atomic mass is 16.6. The number of methoxy groups -OCH3 is 2. The van der Waals surface area contributed by atoms with E-state index in [0.29, 0.717) is 44.5 Å². The van der Waals surface area contributed by atoms with Gasteiger partial charge in [-0.3, -0.25) is 14.7 Å². The number of nitrogens with one attached hydrogen (secondary N) is 1. The third-order valence-corrected chi connectivity index (χ3v) is 14.3. The first-order valence-electron chi connectivity index (χ1n) is 18.0. The van der Waals surface area contributed by atoms with E-state index in [9.17, 15) is 19.8 Å². The van der Waals surface area contributed by atoms with E-state index in [1.54, 1.807) is 57.0 Å². The summed E-state index contributed by atoms with van der Waals surface area (Å²) >= 11 is 0. The molecule has 1 aromatic heterocycles. The molecule has 7 bridgehead atoms. The Morgan fingerprint density at radius 3 is 2.65 bits per heavy atom. The summed E-state index contributed by atoms with van der Waals surface area (Å²) in [6.45, 7) is 7.44. The molecule has 6 fully saturated rings. The van der Waals surface area contributed by atoms with Gasteiger partial charge in [0.05, 0.1) is 23.5 Å². The minimum Gasteiger partial charge on any atom is -0.454 e. The molecule has 10 nitrogen and oxygen atoms in total. The summed E-state index contributed by atoms with van der Waals surface area (Å²) in [5, 5.41) is 28.7. The number of aryl methyl sites for hydroxylation is 1. The van der Waals surface area contributed by atoms with Crippen LogP contribution in [0.5, 0.6) is 0 Å². The lowest BCUT2D eigenvalue weighted by atomic mass is 9.43. The van der Waals surface area contributed by atoms with Crippen LogP contribution in [-0.4, -0.2) is 94.3 Å².